The highest BCUT2D eigenvalue weighted by Gasteiger charge is 2.27. The van der Waals surface area contributed by atoms with Gasteiger partial charge in [0.05, 0.1) is 23.7 Å². The molecule has 0 fully saturated rings. The van der Waals surface area contributed by atoms with E-state index in [1.807, 2.05) is 6.07 Å². The van der Waals surface area contributed by atoms with Crippen LogP contribution < -0.4 is 5.32 Å². The molecule has 35 heavy (non-hydrogen) atoms. The van der Waals surface area contributed by atoms with E-state index in [0.717, 1.165) is 5.56 Å². The molecule has 0 saturated heterocycles. The number of hydrogen-bond acceptors (Lipinski definition) is 4. The number of benzene rings is 3. The summed E-state index contributed by atoms with van der Waals surface area (Å²) in [6.07, 6.45) is -0.508. The zero-order chi connectivity index (χ0) is 24.9. The number of para-hydroxylation sites is 1. The van der Waals surface area contributed by atoms with Gasteiger partial charge in [-0.3, -0.25) is 9.59 Å². The first-order chi connectivity index (χ1) is 16.9. The summed E-state index contributed by atoms with van der Waals surface area (Å²) in [6, 6.07) is 21.1. The molecule has 0 unspecified atom stereocenters. The molecular weight excluding hydrogens is 471 g/mol. The molecule has 9 heteroatoms. The molecule has 3 aromatic carbocycles. The van der Waals surface area contributed by atoms with Gasteiger partial charge in [0, 0.05) is 22.7 Å². The van der Waals surface area contributed by atoms with Gasteiger partial charge in [-0.25, -0.2) is 9.07 Å². The third-order valence-corrected chi connectivity index (χ3v) is 5.51. The molecule has 174 valence electrons. The number of nitrogens with one attached hydrogen (secondary N) is 1. The highest BCUT2D eigenvalue weighted by atomic mass is 35.5. The van der Waals surface area contributed by atoms with Crippen molar-refractivity contribution < 1.29 is 19.1 Å². The second-order valence-corrected chi connectivity index (χ2v) is 8.04. The highest BCUT2D eigenvalue weighted by molar-refractivity contribution is 6.30. The van der Waals surface area contributed by atoms with E-state index in [1.165, 1.54) is 22.9 Å². The van der Waals surface area contributed by atoms with Crippen molar-refractivity contribution in [2.45, 2.75) is 13.0 Å². The summed E-state index contributed by atoms with van der Waals surface area (Å²) in [7, 11) is 0. The van der Waals surface area contributed by atoms with Gasteiger partial charge in [0.15, 0.2) is 5.69 Å². The molecule has 0 radical (unpaired) electrons. The van der Waals surface area contributed by atoms with E-state index in [9.17, 15) is 19.1 Å². The van der Waals surface area contributed by atoms with Crippen molar-refractivity contribution in [2.75, 3.05) is 0 Å². The van der Waals surface area contributed by atoms with Crippen LogP contribution in [0.1, 0.15) is 27.2 Å². The summed E-state index contributed by atoms with van der Waals surface area (Å²) in [4.78, 5) is 24.9. The van der Waals surface area contributed by atoms with Crippen LogP contribution in [-0.4, -0.2) is 26.8 Å². The lowest BCUT2D eigenvalue weighted by atomic mass is 10.0. The van der Waals surface area contributed by atoms with Gasteiger partial charge < -0.3 is 10.4 Å². The van der Waals surface area contributed by atoms with E-state index in [-0.39, 0.29) is 29.2 Å². The molecule has 0 bridgehead atoms. The molecule has 0 aliphatic heterocycles. The number of carbonyl (C=O) groups is 2. The van der Waals surface area contributed by atoms with Crippen LogP contribution >= 0.6 is 11.6 Å². The van der Waals surface area contributed by atoms with Crippen LogP contribution in [0.5, 0.6) is 0 Å². The quantitative estimate of drug-likeness (QED) is 0.390. The van der Waals surface area contributed by atoms with E-state index < -0.39 is 24.1 Å². The standard InChI is InChI=1S/C26H18ClFN4O3/c27-19-11-9-18(10-12-19)25-20(13-23(33)34)24(31-32(25)22-4-2-1-3-21(22)28)26(35)30-15-17-7-5-16(14-29)6-8-17/h1-12H,13,15H2,(H,30,35)(H,33,34). The van der Waals surface area contributed by atoms with Crippen LogP contribution in [0.25, 0.3) is 16.9 Å². The Hall–Kier alpha value is -4.48. The van der Waals surface area contributed by atoms with Crippen molar-refractivity contribution >= 4 is 23.5 Å². The first-order valence-corrected chi connectivity index (χ1v) is 10.9. The highest BCUT2D eigenvalue weighted by Crippen LogP contribution is 2.31. The first-order valence-electron chi connectivity index (χ1n) is 10.5. The summed E-state index contributed by atoms with van der Waals surface area (Å²) in [5.41, 5.74) is 2.10. The fourth-order valence-corrected chi connectivity index (χ4v) is 3.74. The maximum absolute atomic E-state index is 14.7. The lowest BCUT2D eigenvalue weighted by molar-refractivity contribution is -0.136. The number of aromatic nitrogens is 2. The van der Waals surface area contributed by atoms with Gasteiger partial charge in [-0.1, -0.05) is 48.0 Å². The fraction of sp³-hybridized carbons (Fsp3) is 0.0769. The number of rotatable bonds is 7. The number of hydrogen-bond donors (Lipinski definition) is 2. The van der Waals surface area contributed by atoms with Crippen LogP contribution in [-0.2, 0) is 17.8 Å². The molecule has 7 nitrogen and oxygen atoms in total. The average Bonchev–Trinajstić information content (AvgIpc) is 3.22. The van der Waals surface area contributed by atoms with Crippen LogP contribution in [0, 0.1) is 17.1 Å². The predicted octanol–water partition coefficient (Wildman–Crippen LogP) is 4.76. The molecule has 0 atom stereocenters. The van der Waals surface area contributed by atoms with Crippen LogP contribution in [0.4, 0.5) is 4.39 Å². The summed E-state index contributed by atoms with van der Waals surface area (Å²) in [5, 5.41) is 26.1. The molecule has 0 spiro atoms. The lowest BCUT2D eigenvalue weighted by Crippen LogP contribution is -2.25. The molecule has 1 heterocycles. The van der Waals surface area contributed by atoms with Crippen molar-refractivity contribution in [1.29, 1.82) is 5.26 Å². The van der Waals surface area contributed by atoms with Crippen molar-refractivity contribution in [3.8, 4) is 23.0 Å². The Balaban J connectivity index is 1.81. The first kappa shape index (κ1) is 23.7. The SMILES string of the molecule is N#Cc1ccc(CNC(=O)c2nn(-c3ccccc3F)c(-c3ccc(Cl)cc3)c2CC(=O)O)cc1. The Morgan fingerprint density at radius 1 is 1.06 bits per heavy atom. The van der Waals surface area contributed by atoms with Crippen molar-refractivity contribution in [3.63, 3.8) is 0 Å². The van der Waals surface area contributed by atoms with Crippen molar-refractivity contribution in [2.24, 2.45) is 0 Å². The third-order valence-electron chi connectivity index (χ3n) is 5.26. The normalized spacial score (nSPS) is 10.5. The smallest absolute Gasteiger partial charge is 0.307 e. The minimum Gasteiger partial charge on any atom is -0.481 e. The minimum absolute atomic E-state index is 0.0650. The van der Waals surface area contributed by atoms with E-state index in [0.29, 0.717) is 16.1 Å². The summed E-state index contributed by atoms with van der Waals surface area (Å²) >= 11 is 6.02. The Kier molecular flexibility index (Phi) is 6.90. The Labute approximate surface area is 205 Å². The molecule has 2 N–H and O–H groups in total. The summed E-state index contributed by atoms with van der Waals surface area (Å²) in [5.74, 6) is -2.37. The number of carboxylic acid groups (broad SMARTS) is 1. The van der Waals surface area contributed by atoms with E-state index in [2.05, 4.69) is 10.4 Å². The number of carbonyl (C=O) groups excluding carboxylic acids is 1. The fourth-order valence-electron chi connectivity index (χ4n) is 3.62. The van der Waals surface area contributed by atoms with E-state index in [1.54, 1.807) is 54.6 Å². The van der Waals surface area contributed by atoms with Gasteiger partial charge >= 0.3 is 5.97 Å². The topological polar surface area (TPSA) is 108 Å². The second kappa shape index (κ2) is 10.2. The molecule has 1 aromatic heterocycles. The zero-order valence-electron chi connectivity index (χ0n) is 18.2. The van der Waals surface area contributed by atoms with Gasteiger partial charge in [-0.05, 0) is 42.0 Å². The third kappa shape index (κ3) is 5.21. The summed E-state index contributed by atoms with van der Waals surface area (Å²) < 4.78 is 16.0. The predicted molar refractivity (Wildman–Crippen MR) is 128 cm³/mol. The summed E-state index contributed by atoms with van der Waals surface area (Å²) in [6.45, 7) is 0.125. The number of amides is 1. The van der Waals surface area contributed by atoms with E-state index in [4.69, 9.17) is 16.9 Å². The lowest BCUT2D eigenvalue weighted by Gasteiger charge is -2.10. The number of carboxylic acids is 1. The second-order valence-electron chi connectivity index (χ2n) is 7.61. The monoisotopic (exact) mass is 488 g/mol. The molecule has 0 saturated carbocycles. The van der Waals surface area contributed by atoms with Gasteiger partial charge in [0.2, 0.25) is 0 Å². The van der Waals surface area contributed by atoms with Crippen LogP contribution in [0.2, 0.25) is 5.02 Å². The molecule has 0 aliphatic rings. The van der Waals surface area contributed by atoms with Gasteiger partial charge in [0.1, 0.15) is 11.5 Å². The Morgan fingerprint density at radius 2 is 1.74 bits per heavy atom. The number of nitriles is 1. The molecule has 1 amide bonds. The number of halogens is 2. The van der Waals surface area contributed by atoms with Gasteiger partial charge in [-0.15, -0.1) is 0 Å². The average molecular weight is 489 g/mol. The van der Waals surface area contributed by atoms with Crippen molar-refractivity contribution in [1.82, 2.24) is 15.1 Å². The minimum atomic E-state index is -1.17. The maximum atomic E-state index is 14.7. The van der Waals surface area contributed by atoms with Gasteiger partial charge in [0.25, 0.3) is 5.91 Å². The number of aliphatic carboxylic acids is 1. The van der Waals surface area contributed by atoms with Crippen LogP contribution in [0.15, 0.2) is 72.8 Å². The zero-order valence-corrected chi connectivity index (χ0v) is 19.0. The molecular formula is C26H18ClFN4O3. The Morgan fingerprint density at radius 3 is 2.37 bits per heavy atom. The van der Waals surface area contributed by atoms with Crippen LogP contribution in [0.3, 0.4) is 0 Å². The molecule has 4 aromatic rings. The maximum Gasteiger partial charge on any atom is 0.307 e. The van der Waals surface area contributed by atoms with Gasteiger partial charge in [-0.2, -0.15) is 10.4 Å². The molecule has 4 rings (SSSR count). The Bertz CT molecular complexity index is 1440. The van der Waals surface area contributed by atoms with Crippen molar-refractivity contribution in [3.05, 3.63) is 106 Å². The van der Waals surface area contributed by atoms with E-state index >= 15 is 0 Å². The largest absolute Gasteiger partial charge is 0.481 e. The number of nitrogens with zero attached hydrogens (tertiary/aromatic N) is 3. The molecule has 0 aliphatic carbocycles.